The van der Waals surface area contributed by atoms with Gasteiger partial charge in [0.2, 0.25) is 0 Å². The van der Waals surface area contributed by atoms with Crippen molar-refractivity contribution in [3.05, 3.63) is 59.7 Å². The fourth-order valence-corrected chi connectivity index (χ4v) is 2.00. The number of nitrogens with one attached hydrogen (secondary N) is 1. The second-order valence-corrected chi connectivity index (χ2v) is 5.23. The van der Waals surface area contributed by atoms with Gasteiger partial charge in [0.1, 0.15) is 11.5 Å². The Labute approximate surface area is 152 Å². The first-order valence-corrected chi connectivity index (χ1v) is 7.89. The van der Waals surface area contributed by atoms with Crippen molar-refractivity contribution in [1.82, 2.24) is 5.32 Å². The summed E-state index contributed by atoms with van der Waals surface area (Å²) in [5.74, 6) is -1.85. The molecule has 0 atom stereocenters. The molecule has 26 heavy (non-hydrogen) atoms. The monoisotopic (exact) mass is 361 g/mol. The van der Waals surface area contributed by atoms with E-state index in [1.165, 1.54) is 11.1 Å². The van der Waals surface area contributed by atoms with E-state index in [0.717, 1.165) is 31.0 Å². The summed E-state index contributed by atoms with van der Waals surface area (Å²) < 4.78 is 10.3. The summed E-state index contributed by atoms with van der Waals surface area (Å²) in [6.07, 6.45) is 1.01. The number of benzene rings is 2. The standard InChI is InChI=1S/C17H21NO2.C2H2O4/c1-19-16-7-3-14(4-8-16)11-12-18-13-15-5-9-17(20-2)10-6-15;3-1(4)2(5)6/h3-10,18H,11-13H2,1-2H3;(H,3,4)(H,5,6). The molecule has 0 aromatic heterocycles. The zero-order chi connectivity index (χ0) is 19.4. The smallest absolute Gasteiger partial charge is 0.414 e. The highest BCUT2D eigenvalue weighted by atomic mass is 16.5. The number of hydrogen-bond donors (Lipinski definition) is 3. The van der Waals surface area contributed by atoms with Crippen LogP contribution in [0, 0.1) is 0 Å². The molecule has 0 aliphatic heterocycles. The summed E-state index contributed by atoms with van der Waals surface area (Å²) in [4.78, 5) is 18.2. The highest BCUT2D eigenvalue weighted by Gasteiger charge is 2.04. The van der Waals surface area contributed by atoms with Gasteiger partial charge in [0.25, 0.3) is 0 Å². The topological polar surface area (TPSA) is 105 Å². The fraction of sp³-hybridized carbons (Fsp3) is 0.263. The number of hydrogen-bond acceptors (Lipinski definition) is 5. The lowest BCUT2D eigenvalue weighted by Crippen LogP contribution is -2.16. The predicted molar refractivity (Wildman–Crippen MR) is 96.7 cm³/mol. The molecule has 0 radical (unpaired) electrons. The van der Waals surface area contributed by atoms with E-state index in [1.807, 2.05) is 24.3 Å². The van der Waals surface area contributed by atoms with Crippen LogP contribution in [0.1, 0.15) is 11.1 Å². The molecule has 7 heteroatoms. The van der Waals surface area contributed by atoms with Crippen molar-refractivity contribution >= 4 is 11.9 Å². The van der Waals surface area contributed by atoms with E-state index in [2.05, 4.69) is 29.6 Å². The zero-order valence-corrected chi connectivity index (χ0v) is 14.8. The Balaban J connectivity index is 0.000000487. The van der Waals surface area contributed by atoms with Gasteiger partial charge in [-0.05, 0) is 48.4 Å². The van der Waals surface area contributed by atoms with Gasteiger partial charge in [-0.1, -0.05) is 24.3 Å². The van der Waals surface area contributed by atoms with Crippen LogP contribution in [0.5, 0.6) is 11.5 Å². The van der Waals surface area contributed by atoms with E-state index in [4.69, 9.17) is 29.3 Å². The molecular weight excluding hydrogens is 338 g/mol. The Hall–Kier alpha value is -3.06. The SMILES string of the molecule is COc1ccc(CCNCc2ccc(OC)cc2)cc1.O=C(O)C(=O)O. The molecule has 2 rings (SSSR count). The molecule has 140 valence electrons. The molecule has 0 unspecified atom stereocenters. The minimum Gasteiger partial charge on any atom is -0.497 e. The van der Waals surface area contributed by atoms with Crippen LogP contribution in [0.3, 0.4) is 0 Å². The van der Waals surface area contributed by atoms with Crippen molar-refractivity contribution in [1.29, 1.82) is 0 Å². The molecule has 0 fully saturated rings. The molecule has 0 aliphatic carbocycles. The van der Waals surface area contributed by atoms with E-state index >= 15 is 0 Å². The molecule has 0 saturated carbocycles. The summed E-state index contributed by atoms with van der Waals surface area (Å²) in [6.45, 7) is 1.83. The number of methoxy groups -OCH3 is 2. The fourth-order valence-electron chi connectivity index (χ4n) is 2.00. The molecule has 0 aliphatic rings. The maximum absolute atomic E-state index is 9.10. The van der Waals surface area contributed by atoms with Gasteiger partial charge in [-0.25, -0.2) is 9.59 Å². The molecular formula is C19H23NO6. The van der Waals surface area contributed by atoms with Crippen LogP contribution in [0.15, 0.2) is 48.5 Å². The van der Waals surface area contributed by atoms with Gasteiger partial charge in [-0.3, -0.25) is 0 Å². The molecule has 0 bridgehead atoms. The van der Waals surface area contributed by atoms with Crippen LogP contribution < -0.4 is 14.8 Å². The molecule has 2 aromatic rings. The van der Waals surface area contributed by atoms with Crippen LogP contribution in [0.25, 0.3) is 0 Å². The van der Waals surface area contributed by atoms with E-state index in [9.17, 15) is 0 Å². The first-order valence-electron chi connectivity index (χ1n) is 7.89. The van der Waals surface area contributed by atoms with Gasteiger partial charge >= 0.3 is 11.9 Å². The lowest BCUT2D eigenvalue weighted by molar-refractivity contribution is -0.159. The maximum Gasteiger partial charge on any atom is 0.414 e. The third kappa shape index (κ3) is 8.16. The molecule has 2 aromatic carbocycles. The number of carboxylic acid groups (broad SMARTS) is 2. The summed E-state index contributed by atoms with van der Waals surface area (Å²) in [6, 6.07) is 16.3. The van der Waals surface area contributed by atoms with Crippen molar-refractivity contribution in [3.8, 4) is 11.5 Å². The predicted octanol–water partition coefficient (Wildman–Crippen LogP) is 2.19. The van der Waals surface area contributed by atoms with E-state index < -0.39 is 11.9 Å². The van der Waals surface area contributed by atoms with E-state index in [1.54, 1.807) is 14.2 Å². The van der Waals surface area contributed by atoms with E-state index in [-0.39, 0.29) is 0 Å². The Bertz CT molecular complexity index is 621. The Kier molecular flexibility index (Phi) is 9.27. The van der Waals surface area contributed by atoms with Gasteiger partial charge in [0.15, 0.2) is 0 Å². The highest BCUT2D eigenvalue weighted by molar-refractivity contribution is 6.27. The third-order valence-corrected chi connectivity index (χ3v) is 3.42. The van der Waals surface area contributed by atoms with Gasteiger partial charge in [0.05, 0.1) is 14.2 Å². The highest BCUT2D eigenvalue weighted by Crippen LogP contribution is 2.12. The van der Waals surface area contributed by atoms with Crippen molar-refractivity contribution in [2.75, 3.05) is 20.8 Å². The quantitative estimate of drug-likeness (QED) is 0.513. The first-order chi connectivity index (χ1) is 12.5. The van der Waals surface area contributed by atoms with Crippen molar-refractivity contribution < 1.29 is 29.3 Å². The summed E-state index contributed by atoms with van der Waals surface area (Å²) in [5.41, 5.74) is 2.58. The third-order valence-electron chi connectivity index (χ3n) is 3.42. The first kappa shape index (κ1) is 21.0. The minimum atomic E-state index is -1.82. The molecule has 0 saturated heterocycles. The Morgan fingerprint density at radius 1 is 0.808 bits per heavy atom. The number of rotatable bonds is 7. The van der Waals surface area contributed by atoms with Crippen LogP contribution >= 0.6 is 0 Å². The summed E-state index contributed by atoms with van der Waals surface area (Å²) in [5, 5.41) is 18.2. The Morgan fingerprint density at radius 2 is 1.23 bits per heavy atom. The zero-order valence-electron chi connectivity index (χ0n) is 14.8. The second kappa shape index (κ2) is 11.5. The number of aliphatic carboxylic acids is 2. The van der Waals surface area contributed by atoms with Crippen LogP contribution in [-0.4, -0.2) is 42.9 Å². The maximum atomic E-state index is 9.10. The second-order valence-electron chi connectivity index (χ2n) is 5.23. The molecule has 0 spiro atoms. The van der Waals surface area contributed by atoms with Gasteiger partial charge in [0, 0.05) is 6.54 Å². The molecule has 0 amide bonds. The summed E-state index contributed by atoms with van der Waals surface area (Å²) in [7, 11) is 3.37. The molecule has 3 N–H and O–H groups in total. The Morgan fingerprint density at radius 3 is 1.62 bits per heavy atom. The average molecular weight is 361 g/mol. The van der Waals surface area contributed by atoms with Gasteiger partial charge < -0.3 is 25.0 Å². The van der Waals surface area contributed by atoms with E-state index in [0.29, 0.717) is 0 Å². The summed E-state index contributed by atoms with van der Waals surface area (Å²) >= 11 is 0. The van der Waals surface area contributed by atoms with Crippen molar-refractivity contribution in [3.63, 3.8) is 0 Å². The molecule has 7 nitrogen and oxygen atoms in total. The number of ether oxygens (including phenoxy) is 2. The van der Waals surface area contributed by atoms with Crippen molar-refractivity contribution in [2.45, 2.75) is 13.0 Å². The largest absolute Gasteiger partial charge is 0.497 e. The van der Waals surface area contributed by atoms with Crippen molar-refractivity contribution in [2.24, 2.45) is 0 Å². The van der Waals surface area contributed by atoms with Gasteiger partial charge in [-0.15, -0.1) is 0 Å². The normalized spacial score (nSPS) is 9.62. The lowest BCUT2D eigenvalue weighted by atomic mass is 10.1. The number of carboxylic acids is 2. The van der Waals surface area contributed by atoms with Crippen LogP contribution in [-0.2, 0) is 22.6 Å². The number of carbonyl (C=O) groups is 2. The van der Waals surface area contributed by atoms with Crippen LogP contribution in [0.4, 0.5) is 0 Å². The minimum absolute atomic E-state index is 0.875. The van der Waals surface area contributed by atoms with Crippen LogP contribution in [0.2, 0.25) is 0 Å². The lowest BCUT2D eigenvalue weighted by Gasteiger charge is -2.07. The average Bonchev–Trinajstić information content (AvgIpc) is 2.66. The molecule has 0 heterocycles. The van der Waals surface area contributed by atoms with Gasteiger partial charge in [-0.2, -0.15) is 0 Å².